The molecule has 0 bridgehead atoms. The van der Waals surface area contributed by atoms with Gasteiger partial charge in [-0.1, -0.05) is 36.7 Å². The highest BCUT2D eigenvalue weighted by molar-refractivity contribution is 6.30. The van der Waals surface area contributed by atoms with Gasteiger partial charge >= 0.3 is 0 Å². The molecule has 1 aromatic rings. The van der Waals surface area contributed by atoms with E-state index in [-0.39, 0.29) is 0 Å². The van der Waals surface area contributed by atoms with Crippen LogP contribution in [0.3, 0.4) is 0 Å². The molecule has 12 heavy (non-hydrogen) atoms. The third-order valence-corrected chi connectivity index (χ3v) is 2.03. The van der Waals surface area contributed by atoms with E-state index in [4.69, 9.17) is 11.6 Å². The minimum absolute atomic E-state index is 0.802. The molecule has 1 rings (SSSR count). The van der Waals surface area contributed by atoms with Crippen molar-refractivity contribution in [3.63, 3.8) is 0 Å². The fourth-order valence-corrected chi connectivity index (χ4v) is 1.35. The summed E-state index contributed by atoms with van der Waals surface area (Å²) in [7, 11) is 0. The molecule has 0 radical (unpaired) electrons. The van der Waals surface area contributed by atoms with Gasteiger partial charge in [-0.05, 0) is 36.6 Å². The molecule has 0 spiro atoms. The van der Waals surface area contributed by atoms with Crippen LogP contribution in [0.25, 0.3) is 5.57 Å². The Morgan fingerprint density at radius 2 is 2.25 bits per heavy atom. The molecule has 0 heterocycles. The van der Waals surface area contributed by atoms with E-state index in [1.165, 1.54) is 11.1 Å². The Morgan fingerprint density at radius 1 is 1.50 bits per heavy atom. The van der Waals surface area contributed by atoms with Crippen LogP contribution in [0.4, 0.5) is 0 Å². The first-order valence-electron chi connectivity index (χ1n) is 4.16. The van der Waals surface area contributed by atoms with Gasteiger partial charge in [-0.3, -0.25) is 0 Å². The van der Waals surface area contributed by atoms with Crippen LogP contribution in [0, 0.1) is 0 Å². The summed E-state index contributed by atoms with van der Waals surface area (Å²) < 4.78 is 0. The number of halogens is 1. The van der Waals surface area contributed by atoms with E-state index < -0.39 is 0 Å². The first-order valence-corrected chi connectivity index (χ1v) is 4.54. The van der Waals surface area contributed by atoms with Gasteiger partial charge in [0.1, 0.15) is 0 Å². The highest BCUT2D eigenvalue weighted by Crippen LogP contribution is 2.18. The molecular weight excluding hydrogens is 168 g/mol. The molecule has 0 nitrogen and oxygen atoms in total. The van der Waals surface area contributed by atoms with Crippen molar-refractivity contribution in [3.05, 3.63) is 40.9 Å². The summed E-state index contributed by atoms with van der Waals surface area (Å²) in [5.74, 6) is 0. The second-order valence-electron chi connectivity index (χ2n) is 2.81. The average molecular weight is 181 g/mol. The van der Waals surface area contributed by atoms with Crippen LogP contribution in [-0.4, -0.2) is 0 Å². The third kappa shape index (κ3) is 2.38. The third-order valence-electron chi connectivity index (χ3n) is 1.79. The molecule has 0 amide bonds. The lowest BCUT2D eigenvalue weighted by Gasteiger charge is -2.00. The predicted octanol–water partition coefficient (Wildman–Crippen LogP) is 4.15. The van der Waals surface area contributed by atoms with Crippen LogP contribution in [0.1, 0.15) is 25.8 Å². The Morgan fingerprint density at radius 3 is 2.83 bits per heavy atom. The summed E-state index contributed by atoms with van der Waals surface area (Å²) in [6.45, 7) is 4.24. The van der Waals surface area contributed by atoms with Gasteiger partial charge in [0.15, 0.2) is 0 Å². The maximum Gasteiger partial charge on any atom is 0.0412 e. The van der Waals surface area contributed by atoms with E-state index in [9.17, 15) is 0 Å². The molecular formula is C11H13Cl. The summed E-state index contributed by atoms with van der Waals surface area (Å²) >= 11 is 5.86. The molecule has 0 unspecified atom stereocenters. The Labute approximate surface area is 78.9 Å². The van der Waals surface area contributed by atoms with Gasteiger partial charge in [0.2, 0.25) is 0 Å². The van der Waals surface area contributed by atoms with Crippen molar-refractivity contribution in [2.45, 2.75) is 20.3 Å². The predicted molar refractivity (Wildman–Crippen MR) is 55.4 cm³/mol. The lowest BCUT2D eigenvalue weighted by atomic mass is 10.1. The van der Waals surface area contributed by atoms with Gasteiger partial charge in [0, 0.05) is 5.02 Å². The molecule has 64 valence electrons. The van der Waals surface area contributed by atoms with E-state index in [2.05, 4.69) is 26.0 Å². The minimum atomic E-state index is 0.802. The van der Waals surface area contributed by atoms with E-state index in [1.54, 1.807) is 0 Å². The quantitative estimate of drug-likeness (QED) is 0.642. The Balaban J connectivity index is 2.95. The normalized spacial score (nSPS) is 11.8. The van der Waals surface area contributed by atoms with Gasteiger partial charge in [-0.25, -0.2) is 0 Å². The molecule has 0 aliphatic heterocycles. The van der Waals surface area contributed by atoms with Crippen LogP contribution >= 0.6 is 11.6 Å². The second kappa shape index (κ2) is 4.32. The van der Waals surface area contributed by atoms with Crippen molar-refractivity contribution < 1.29 is 0 Å². The van der Waals surface area contributed by atoms with Gasteiger partial charge in [-0.15, -0.1) is 0 Å². The lowest BCUT2D eigenvalue weighted by Crippen LogP contribution is -1.78. The minimum Gasteiger partial charge on any atom is -0.0843 e. The van der Waals surface area contributed by atoms with Crippen molar-refractivity contribution in [2.24, 2.45) is 0 Å². The largest absolute Gasteiger partial charge is 0.0843 e. The van der Waals surface area contributed by atoms with Gasteiger partial charge < -0.3 is 0 Å². The first kappa shape index (κ1) is 9.34. The fraction of sp³-hybridized carbons (Fsp3) is 0.273. The van der Waals surface area contributed by atoms with Crippen molar-refractivity contribution in [1.29, 1.82) is 0 Å². The number of hydrogen-bond donors (Lipinski definition) is 0. The number of hydrogen-bond acceptors (Lipinski definition) is 0. The van der Waals surface area contributed by atoms with Gasteiger partial charge in [0.05, 0.1) is 0 Å². The van der Waals surface area contributed by atoms with Gasteiger partial charge in [-0.2, -0.15) is 0 Å². The number of rotatable bonds is 2. The van der Waals surface area contributed by atoms with Crippen molar-refractivity contribution >= 4 is 17.2 Å². The Bertz CT molecular complexity index is 287. The van der Waals surface area contributed by atoms with Crippen LogP contribution in [0.15, 0.2) is 30.3 Å². The SMILES string of the molecule is CC/C=C(/C)c1cccc(Cl)c1. The van der Waals surface area contributed by atoms with Crippen molar-refractivity contribution in [3.8, 4) is 0 Å². The zero-order chi connectivity index (χ0) is 8.97. The highest BCUT2D eigenvalue weighted by atomic mass is 35.5. The molecule has 0 saturated carbocycles. The molecule has 0 saturated heterocycles. The van der Waals surface area contributed by atoms with Gasteiger partial charge in [0.25, 0.3) is 0 Å². The molecule has 1 heteroatoms. The number of benzene rings is 1. The van der Waals surface area contributed by atoms with Crippen LogP contribution in [-0.2, 0) is 0 Å². The van der Waals surface area contributed by atoms with Crippen LogP contribution in [0.5, 0.6) is 0 Å². The molecule has 0 N–H and O–H groups in total. The summed E-state index contributed by atoms with van der Waals surface area (Å²) in [6, 6.07) is 7.94. The maximum absolute atomic E-state index is 5.86. The molecule has 0 aromatic heterocycles. The zero-order valence-electron chi connectivity index (χ0n) is 7.47. The second-order valence-corrected chi connectivity index (χ2v) is 3.24. The topological polar surface area (TPSA) is 0 Å². The van der Waals surface area contributed by atoms with E-state index in [1.807, 2.05) is 18.2 Å². The standard InChI is InChI=1S/C11H13Cl/c1-3-5-9(2)10-6-4-7-11(12)8-10/h4-8H,3H2,1-2H3/b9-5-. The summed E-state index contributed by atoms with van der Waals surface area (Å²) in [6.07, 6.45) is 3.27. The summed E-state index contributed by atoms with van der Waals surface area (Å²) in [4.78, 5) is 0. The Hall–Kier alpha value is -0.750. The van der Waals surface area contributed by atoms with Crippen molar-refractivity contribution in [2.75, 3.05) is 0 Å². The zero-order valence-corrected chi connectivity index (χ0v) is 8.23. The van der Waals surface area contributed by atoms with Crippen LogP contribution < -0.4 is 0 Å². The average Bonchev–Trinajstić information content (AvgIpc) is 2.05. The smallest absolute Gasteiger partial charge is 0.0412 e. The molecule has 1 aromatic carbocycles. The molecule has 0 aliphatic rings. The number of allylic oxidation sites excluding steroid dienone is 2. The van der Waals surface area contributed by atoms with E-state index in [0.29, 0.717) is 0 Å². The highest BCUT2D eigenvalue weighted by Gasteiger charge is 1.94. The van der Waals surface area contributed by atoms with Crippen molar-refractivity contribution in [1.82, 2.24) is 0 Å². The molecule has 0 aliphatic carbocycles. The summed E-state index contributed by atoms with van der Waals surface area (Å²) in [5.41, 5.74) is 2.50. The summed E-state index contributed by atoms with van der Waals surface area (Å²) in [5, 5.41) is 0.802. The van der Waals surface area contributed by atoms with E-state index >= 15 is 0 Å². The maximum atomic E-state index is 5.86. The lowest BCUT2D eigenvalue weighted by molar-refractivity contribution is 1.22. The van der Waals surface area contributed by atoms with E-state index in [0.717, 1.165) is 11.4 Å². The monoisotopic (exact) mass is 180 g/mol. The Kier molecular flexibility index (Phi) is 3.36. The first-order chi connectivity index (χ1) is 5.74. The molecule has 0 atom stereocenters. The van der Waals surface area contributed by atoms with Crippen LogP contribution in [0.2, 0.25) is 5.02 Å². The molecule has 0 fully saturated rings. The fourth-order valence-electron chi connectivity index (χ4n) is 1.16.